The van der Waals surface area contributed by atoms with Gasteiger partial charge in [-0.3, -0.25) is 4.99 Å². The molecule has 0 atom stereocenters. The smallest absolute Gasteiger partial charge is 0.232 e. The van der Waals surface area contributed by atoms with Gasteiger partial charge >= 0.3 is 0 Å². The van der Waals surface area contributed by atoms with E-state index < -0.39 is 0 Å². The largest absolute Gasteiger partial charge is 0.508 e. The summed E-state index contributed by atoms with van der Waals surface area (Å²) in [4.78, 5) is 16.7. The maximum absolute atomic E-state index is 10.7. The third kappa shape index (κ3) is 6.24. The number of aromatic hydroxyl groups is 2. The second-order valence-electron chi connectivity index (χ2n) is 9.17. The van der Waals surface area contributed by atoms with Crippen LogP contribution in [0.1, 0.15) is 11.1 Å². The molecule has 0 aliphatic rings. The minimum absolute atomic E-state index is 0. The van der Waals surface area contributed by atoms with E-state index in [4.69, 9.17) is 28.2 Å². The Morgan fingerprint density at radius 2 is 1.38 bits per heavy atom. The van der Waals surface area contributed by atoms with Crippen LogP contribution in [0.3, 0.4) is 0 Å². The number of rotatable bonds is 7. The number of benzene rings is 5. The molecule has 0 spiro atoms. The van der Waals surface area contributed by atoms with Gasteiger partial charge in [-0.1, -0.05) is 60.7 Å². The Labute approximate surface area is 261 Å². The van der Waals surface area contributed by atoms with Gasteiger partial charge in [0.25, 0.3) is 0 Å². The summed E-state index contributed by atoms with van der Waals surface area (Å²) in [6.07, 6.45) is 1.65. The number of phenols is 2. The van der Waals surface area contributed by atoms with E-state index in [9.17, 15) is 10.2 Å². The molecule has 0 amide bonds. The van der Waals surface area contributed by atoms with Crippen molar-refractivity contribution < 1.29 is 26.7 Å². The molecule has 5 aromatic carbocycles. The number of aliphatic imine (C=N–C) groups is 1. The fourth-order valence-electron chi connectivity index (χ4n) is 4.63. The van der Waals surface area contributed by atoms with E-state index in [1.807, 2.05) is 78.9 Å². The molecule has 0 saturated heterocycles. The fraction of sp³-hybridized carbons (Fsp3) is 0.0323. The molecule has 6 rings (SSSR count). The number of halogens is 2. The summed E-state index contributed by atoms with van der Waals surface area (Å²) in [7, 11) is 0. The van der Waals surface area contributed by atoms with Crippen molar-refractivity contribution in [3.8, 4) is 11.5 Å². The summed E-state index contributed by atoms with van der Waals surface area (Å²) in [5.41, 5.74) is 3.26. The number of fused-ring (bicyclic) bond motifs is 2. The maximum atomic E-state index is 10.7. The van der Waals surface area contributed by atoms with Crippen LogP contribution in [0.5, 0.6) is 11.5 Å². The maximum Gasteiger partial charge on any atom is 0.232 e. The first-order valence-electron chi connectivity index (χ1n) is 12.6. The SMILES string of the molecule is Oc1ccc2ccccc2c1C=Nc1ccc(Nc2nc(Cl)nc(Cl)n2)cc1NCc1c(O)ccc2ccccc12.[Ni]. The fourth-order valence-corrected chi connectivity index (χ4v) is 4.99. The Kier molecular flexibility index (Phi) is 8.73. The normalized spacial score (nSPS) is 11.1. The number of nitrogens with one attached hydrogen (secondary N) is 2. The average Bonchev–Trinajstić information content (AvgIpc) is 2.96. The van der Waals surface area contributed by atoms with Crippen LogP contribution in [0, 0.1) is 0 Å². The Bertz CT molecular complexity index is 1930. The quantitative estimate of drug-likeness (QED) is 0.103. The van der Waals surface area contributed by atoms with E-state index in [-0.39, 0.29) is 44.5 Å². The van der Waals surface area contributed by atoms with Crippen molar-refractivity contribution in [1.29, 1.82) is 0 Å². The molecule has 0 saturated carbocycles. The summed E-state index contributed by atoms with van der Waals surface area (Å²) in [5, 5.41) is 31.6. The van der Waals surface area contributed by atoms with Crippen LogP contribution in [0.4, 0.5) is 23.0 Å². The molecule has 6 aromatic rings. The molecular weight excluding hydrogens is 618 g/mol. The number of anilines is 3. The van der Waals surface area contributed by atoms with Crippen LogP contribution >= 0.6 is 23.2 Å². The zero-order chi connectivity index (χ0) is 28.3. The summed E-state index contributed by atoms with van der Waals surface area (Å²) >= 11 is 11.9. The van der Waals surface area contributed by atoms with Gasteiger partial charge < -0.3 is 20.8 Å². The van der Waals surface area contributed by atoms with Crippen LogP contribution in [0.2, 0.25) is 10.6 Å². The number of hydrogen-bond donors (Lipinski definition) is 4. The zero-order valence-corrected chi connectivity index (χ0v) is 24.2. The standard InChI is InChI=1S/C31H22Cl2N6O2.Ni/c32-29-37-30(33)39-31(38-29)36-20-11-12-25(34-16-23-21-7-3-1-5-18(21)9-13-27(23)40)26(15-20)35-17-24-22-8-4-2-6-19(22)10-14-28(24)41;/h1-16,35,40-41H,17H2,(H,36,37,38,39);. The second-order valence-corrected chi connectivity index (χ2v) is 9.85. The molecule has 1 heterocycles. The van der Waals surface area contributed by atoms with Crippen LogP contribution in [-0.2, 0) is 23.0 Å². The van der Waals surface area contributed by atoms with Gasteiger partial charge in [-0.2, -0.15) is 15.0 Å². The molecule has 0 unspecified atom stereocenters. The molecule has 0 aliphatic carbocycles. The first-order chi connectivity index (χ1) is 19.9. The zero-order valence-electron chi connectivity index (χ0n) is 21.7. The molecule has 8 nitrogen and oxygen atoms in total. The minimum Gasteiger partial charge on any atom is -0.508 e. The molecule has 0 aliphatic heterocycles. The van der Waals surface area contributed by atoms with Crippen LogP contribution in [0.25, 0.3) is 21.5 Å². The Hall–Kier alpha value is -4.43. The van der Waals surface area contributed by atoms with Crippen molar-refractivity contribution in [2.24, 2.45) is 4.99 Å². The van der Waals surface area contributed by atoms with Crippen molar-refractivity contribution in [3.05, 3.63) is 113 Å². The van der Waals surface area contributed by atoms with E-state index in [0.29, 0.717) is 29.2 Å². The number of aromatic nitrogens is 3. The first kappa shape index (κ1) is 29.1. The topological polar surface area (TPSA) is 116 Å². The van der Waals surface area contributed by atoms with Crippen molar-refractivity contribution in [1.82, 2.24) is 15.0 Å². The second kappa shape index (κ2) is 12.6. The molecule has 11 heteroatoms. The van der Waals surface area contributed by atoms with Gasteiger partial charge in [0.1, 0.15) is 11.5 Å². The average molecular weight is 640 g/mol. The van der Waals surface area contributed by atoms with Crippen LogP contribution in [0.15, 0.2) is 96.0 Å². The number of phenolic OH excluding ortho intramolecular Hbond substituents is 2. The third-order valence-electron chi connectivity index (χ3n) is 6.59. The molecular formula is C31H22Cl2N6NiO2. The Morgan fingerprint density at radius 1 is 0.738 bits per heavy atom. The molecule has 1 aromatic heterocycles. The predicted octanol–water partition coefficient (Wildman–Crippen LogP) is 8.00. The van der Waals surface area contributed by atoms with Crippen molar-refractivity contribution >= 4 is 74.0 Å². The van der Waals surface area contributed by atoms with E-state index in [1.165, 1.54) is 0 Å². The van der Waals surface area contributed by atoms with E-state index in [0.717, 1.165) is 27.1 Å². The summed E-state index contributed by atoms with van der Waals surface area (Å²) < 4.78 is 0. The third-order valence-corrected chi connectivity index (χ3v) is 6.92. The Balaban J connectivity index is 0.00000353. The van der Waals surface area contributed by atoms with Crippen LogP contribution in [-0.4, -0.2) is 31.4 Å². The van der Waals surface area contributed by atoms with Gasteiger partial charge in [-0.05, 0) is 75.1 Å². The number of hydrogen-bond acceptors (Lipinski definition) is 8. The summed E-state index contributed by atoms with van der Waals surface area (Å²) in [6.45, 7) is 0.322. The molecule has 42 heavy (non-hydrogen) atoms. The van der Waals surface area contributed by atoms with E-state index >= 15 is 0 Å². The van der Waals surface area contributed by atoms with Crippen molar-refractivity contribution in [2.75, 3.05) is 10.6 Å². The van der Waals surface area contributed by atoms with E-state index in [2.05, 4.69) is 25.6 Å². The molecule has 0 radical (unpaired) electrons. The van der Waals surface area contributed by atoms with Gasteiger partial charge in [0.05, 0.1) is 11.4 Å². The molecule has 0 bridgehead atoms. The van der Waals surface area contributed by atoms with Gasteiger partial charge in [0, 0.05) is 46.1 Å². The molecule has 0 fully saturated rings. The molecule has 212 valence electrons. The molecule has 4 N–H and O–H groups in total. The minimum atomic E-state index is -0.0339. The summed E-state index contributed by atoms with van der Waals surface area (Å²) in [5.74, 6) is 0.500. The van der Waals surface area contributed by atoms with Crippen molar-refractivity contribution in [3.63, 3.8) is 0 Å². The monoisotopic (exact) mass is 638 g/mol. The van der Waals surface area contributed by atoms with Crippen molar-refractivity contribution in [2.45, 2.75) is 6.54 Å². The van der Waals surface area contributed by atoms with E-state index in [1.54, 1.807) is 18.3 Å². The van der Waals surface area contributed by atoms with Crippen LogP contribution < -0.4 is 10.6 Å². The van der Waals surface area contributed by atoms with Gasteiger partial charge in [-0.25, -0.2) is 0 Å². The first-order valence-corrected chi connectivity index (χ1v) is 13.4. The van der Waals surface area contributed by atoms with Gasteiger partial charge in [0.2, 0.25) is 16.5 Å². The number of nitrogens with zero attached hydrogens (tertiary/aromatic N) is 4. The summed E-state index contributed by atoms with van der Waals surface area (Å²) in [6, 6.07) is 28.2. The Morgan fingerprint density at radius 3 is 2.12 bits per heavy atom. The predicted molar refractivity (Wildman–Crippen MR) is 165 cm³/mol. The van der Waals surface area contributed by atoms with Gasteiger partial charge in [-0.15, -0.1) is 0 Å². The van der Waals surface area contributed by atoms with Gasteiger partial charge in [0.15, 0.2) is 0 Å².